The second-order valence-corrected chi connectivity index (χ2v) is 4.47. The Hall–Kier alpha value is -1.88. The highest BCUT2D eigenvalue weighted by atomic mass is 35.5. The second-order valence-electron chi connectivity index (χ2n) is 4.07. The highest BCUT2D eigenvalue weighted by Crippen LogP contribution is 2.37. The molecule has 1 aromatic carbocycles. The van der Waals surface area contributed by atoms with Gasteiger partial charge >= 0.3 is 0 Å². The molecule has 0 fully saturated rings. The van der Waals surface area contributed by atoms with Crippen LogP contribution in [0.4, 0.5) is 5.69 Å². The first-order valence-corrected chi connectivity index (χ1v) is 6.20. The molecule has 5 nitrogen and oxygen atoms in total. The Balaban J connectivity index is 2.28. The Morgan fingerprint density at radius 3 is 2.58 bits per heavy atom. The van der Waals surface area contributed by atoms with Gasteiger partial charge in [0.05, 0.1) is 36.7 Å². The normalized spacial score (nSPS) is 12.0. The van der Waals surface area contributed by atoms with E-state index in [1.807, 2.05) is 19.1 Å². The first kappa shape index (κ1) is 13.5. The molecule has 19 heavy (non-hydrogen) atoms. The van der Waals surface area contributed by atoms with Gasteiger partial charge in [0.15, 0.2) is 0 Å². The average molecular weight is 282 g/mol. The van der Waals surface area contributed by atoms with Gasteiger partial charge in [-0.3, -0.25) is 5.10 Å². The summed E-state index contributed by atoms with van der Waals surface area (Å²) in [6, 6.07) is 5.51. The van der Waals surface area contributed by atoms with Crippen LogP contribution in [0.25, 0.3) is 0 Å². The number of halogens is 1. The number of aromatic nitrogens is 2. The van der Waals surface area contributed by atoms with Gasteiger partial charge < -0.3 is 14.8 Å². The summed E-state index contributed by atoms with van der Waals surface area (Å²) in [6.45, 7) is 2.02. The van der Waals surface area contributed by atoms with Crippen molar-refractivity contribution in [2.24, 2.45) is 0 Å². The van der Waals surface area contributed by atoms with E-state index in [9.17, 15) is 0 Å². The number of anilines is 1. The topological polar surface area (TPSA) is 59.2 Å². The van der Waals surface area contributed by atoms with Crippen molar-refractivity contribution in [3.8, 4) is 11.5 Å². The summed E-state index contributed by atoms with van der Waals surface area (Å²) in [5.74, 6) is 1.26. The van der Waals surface area contributed by atoms with Crippen LogP contribution < -0.4 is 14.8 Å². The van der Waals surface area contributed by atoms with Crippen LogP contribution in [0.2, 0.25) is 5.02 Å². The van der Waals surface area contributed by atoms with Crippen molar-refractivity contribution in [1.82, 2.24) is 10.2 Å². The minimum atomic E-state index is 0.0577. The number of aromatic amines is 1. The Labute approximate surface area is 116 Å². The molecule has 0 aliphatic carbocycles. The van der Waals surface area contributed by atoms with E-state index in [0.29, 0.717) is 16.5 Å². The fraction of sp³-hybridized carbons (Fsp3) is 0.308. The lowest BCUT2D eigenvalue weighted by atomic mass is 10.2. The molecule has 102 valence electrons. The largest absolute Gasteiger partial charge is 0.495 e. The molecular weight excluding hydrogens is 266 g/mol. The van der Waals surface area contributed by atoms with Crippen molar-refractivity contribution in [3.05, 3.63) is 35.1 Å². The zero-order valence-corrected chi connectivity index (χ0v) is 11.8. The molecule has 1 unspecified atom stereocenters. The molecule has 0 bridgehead atoms. The number of hydrogen-bond acceptors (Lipinski definition) is 4. The third-order valence-corrected chi connectivity index (χ3v) is 3.13. The van der Waals surface area contributed by atoms with E-state index in [1.54, 1.807) is 26.5 Å². The number of nitrogens with zero attached hydrogens (tertiary/aromatic N) is 1. The summed E-state index contributed by atoms with van der Waals surface area (Å²) in [4.78, 5) is 0. The van der Waals surface area contributed by atoms with Gasteiger partial charge in [-0.15, -0.1) is 0 Å². The maximum atomic E-state index is 6.07. The number of rotatable bonds is 5. The van der Waals surface area contributed by atoms with E-state index in [2.05, 4.69) is 15.5 Å². The molecule has 2 aromatic rings. The van der Waals surface area contributed by atoms with Gasteiger partial charge in [0.1, 0.15) is 11.5 Å². The Bertz CT molecular complexity index is 543. The van der Waals surface area contributed by atoms with Crippen molar-refractivity contribution in [3.63, 3.8) is 0 Å². The van der Waals surface area contributed by atoms with Crippen LogP contribution in [-0.2, 0) is 0 Å². The highest BCUT2D eigenvalue weighted by Gasteiger charge is 2.13. The van der Waals surface area contributed by atoms with Crippen molar-refractivity contribution < 1.29 is 9.47 Å². The summed E-state index contributed by atoms with van der Waals surface area (Å²) < 4.78 is 10.5. The molecule has 0 saturated heterocycles. The van der Waals surface area contributed by atoms with Gasteiger partial charge in [0.2, 0.25) is 0 Å². The van der Waals surface area contributed by atoms with Crippen molar-refractivity contribution in [1.29, 1.82) is 0 Å². The number of hydrogen-bond donors (Lipinski definition) is 2. The number of benzene rings is 1. The van der Waals surface area contributed by atoms with Crippen LogP contribution in [-0.4, -0.2) is 24.4 Å². The first-order chi connectivity index (χ1) is 9.15. The van der Waals surface area contributed by atoms with Gasteiger partial charge in [-0.1, -0.05) is 11.6 Å². The zero-order chi connectivity index (χ0) is 13.8. The van der Waals surface area contributed by atoms with E-state index in [0.717, 1.165) is 11.4 Å². The molecule has 0 aliphatic rings. The molecule has 0 spiro atoms. The molecule has 1 atom stereocenters. The van der Waals surface area contributed by atoms with Gasteiger partial charge in [-0.2, -0.15) is 5.10 Å². The average Bonchev–Trinajstić information content (AvgIpc) is 2.94. The van der Waals surface area contributed by atoms with E-state index in [1.165, 1.54) is 0 Å². The maximum Gasteiger partial charge on any atom is 0.143 e. The van der Waals surface area contributed by atoms with E-state index < -0.39 is 0 Å². The summed E-state index contributed by atoms with van der Waals surface area (Å²) >= 11 is 6.07. The first-order valence-electron chi connectivity index (χ1n) is 5.83. The van der Waals surface area contributed by atoms with Crippen LogP contribution >= 0.6 is 11.6 Å². The molecule has 1 aromatic heterocycles. The summed E-state index contributed by atoms with van der Waals surface area (Å²) in [7, 11) is 3.18. The number of ether oxygens (including phenoxy) is 2. The standard InChI is InChI=1S/C13H16ClN3O2/c1-8(10-4-5-15-17-10)16-11-7-12(18-2)9(14)6-13(11)19-3/h4-8,16H,1-3H3,(H,15,17). The summed E-state index contributed by atoms with van der Waals surface area (Å²) in [5.41, 5.74) is 1.79. The predicted octanol–water partition coefficient (Wildman–Crippen LogP) is 3.25. The Morgan fingerprint density at radius 1 is 1.26 bits per heavy atom. The van der Waals surface area contributed by atoms with E-state index >= 15 is 0 Å². The lowest BCUT2D eigenvalue weighted by Crippen LogP contribution is -2.08. The highest BCUT2D eigenvalue weighted by molar-refractivity contribution is 6.32. The molecule has 0 saturated carbocycles. The zero-order valence-electron chi connectivity index (χ0n) is 11.0. The molecule has 2 rings (SSSR count). The Morgan fingerprint density at radius 2 is 2.00 bits per heavy atom. The summed E-state index contributed by atoms with van der Waals surface area (Å²) in [5, 5.41) is 10.7. The van der Waals surface area contributed by atoms with Crippen molar-refractivity contribution >= 4 is 17.3 Å². The fourth-order valence-corrected chi connectivity index (χ4v) is 2.02. The lowest BCUT2D eigenvalue weighted by molar-refractivity contribution is 0.404. The smallest absolute Gasteiger partial charge is 0.143 e. The number of H-pyrrole nitrogens is 1. The van der Waals surface area contributed by atoms with Crippen molar-refractivity contribution in [2.45, 2.75) is 13.0 Å². The van der Waals surface area contributed by atoms with Gasteiger partial charge in [0.25, 0.3) is 0 Å². The molecule has 0 radical (unpaired) electrons. The molecule has 2 N–H and O–H groups in total. The van der Waals surface area contributed by atoms with E-state index in [-0.39, 0.29) is 6.04 Å². The second kappa shape index (κ2) is 5.84. The van der Waals surface area contributed by atoms with Gasteiger partial charge in [-0.05, 0) is 13.0 Å². The lowest BCUT2D eigenvalue weighted by Gasteiger charge is -2.17. The number of nitrogens with one attached hydrogen (secondary N) is 2. The van der Waals surface area contributed by atoms with Crippen LogP contribution in [0, 0.1) is 0 Å². The third kappa shape index (κ3) is 2.93. The third-order valence-electron chi connectivity index (χ3n) is 2.83. The predicted molar refractivity (Wildman–Crippen MR) is 75.2 cm³/mol. The molecule has 6 heteroatoms. The van der Waals surface area contributed by atoms with Gasteiger partial charge in [-0.25, -0.2) is 0 Å². The van der Waals surface area contributed by atoms with Crippen LogP contribution in [0.3, 0.4) is 0 Å². The van der Waals surface area contributed by atoms with Crippen LogP contribution in [0.15, 0.2) is 24.4 Å². The van der Waals surface area contributed by atoms with Crippen molar-refractivity contribution in [2.75, 3.05) is 19.5 Å². The monoisotopic (exact) mass is 281 g/mol. The van der Waals surface area contributed by atoms with Crippen LogP contribution in [0.5, 0.6) is 11.5 Å². The fourth-order valence-electron chi connectivity index (χ4n) is 1.79. The van der Waals surface area contributed by atoms with Crippen LogP contribution in [0.1, 0.15) is 18.7 Å². The van der Waals surface area contributed by atoms with Gasteiger partial charge in [0, 0.05) is 18.3 Å². The molecular formula is C13H16ClN3O2. The van der Waals surface area contributed by atoms with E-state index in [4.69, 9.17) is 21.1 Å². The minimum Gasteiger partial charge on any atom is -0.495 e. The molecule has 0 aliphatic heterocycles. The quantitative estimate of drug-likeness (QED) is 0.883. The summed E-state index contributed by atoms with van der Waals surface area (Å²) in [6.07, 6.45) is 1.72. The number of methoxy groups -OCH3 is 2. The maximum absolute atomic E-state index is 6.07. The SMILES string of the molecule is COc1cc(NC(C)c2ccn[nH]2)c(OC)cc1Cl. The Kier molecular flexibility index (Phi) is 4.16. The molecule has 1 heterocycles. The minimum absolute atomic E-state index is 0.0577. The molecule has 0 amide bonds.